The molecular weight excluding hydrogens is 262 g/mol. The number of H-pyrrole nitrogens is 1. The van der Waals surface area contributed by atoms with Crippen LogP contribution in [0.15, 0.2) is 60.8 Å². The van der Waals surface area contributed by atoms with Crippen LogP contribution in [0.1, 0.15) is 17.0 Å². The van der Waals surface area contributed by atoms with Crippen LogP contribution >= 0.6 is 0 Å². The second kappa shape index (κ2) is 5.83. The Balaban J connectivity index is 2.01. The van der Waals surface area contributed by atoms with Crippen molar-refractivity contribution in [3.63, 3.8) is 0 Å². The third kappa shape index (κ3) is 2.68. The van der Waals surface area contributed by atoms with E-state index in [9.17, 15) is 4.79 Å². The van der Waals surface area contributed by atoms with Gasteiger partial charge in [-0.15, -0.1) is 0 Å². The van der Waals surface area contributed by atoms with Crippen LogP contribution in [-0.4, -0.2) is 18.1 Å². The molecule has 0 amide bonds. The average molecular weight is 279 g/mol. The highest BCUT2D eigenvalue weighted by molar-refractivity contribution is 5.90. The minimum atomic E-state index is -0.298. The molecule has 1 unspecified atom stereocenters. The molecule has 1 N–H and O–H groups in total. The lowest BCUT2D eigenvalue weighted by molar-refractivity contribution is -0.142. The number of esters is 1. The minimum Gasteiger partial charge on any atom is -0.469 e. The standard InChI is InChI=1S/C18H17NO2/c1-21-18(20)15(11-13-7-3-2-4-8-13)16-12-19-17-10-6-5-9-14(16)17/h2-10,12,15,19H,11H2,1H3. The topological polar surface area (TPSA) is 42.1 Å². The Kier molecular flexibility index (Phi) is 3.73. The molecule has 0 saturated carbocycles. The summed E-state index contributed by atoms with van der Waals surface area (Å²) in [5.74, 6) is -0.503. The zero-order valence-electron chi connectivity index (χ0n) is 11.9. The van der Waals surface area contributed by atoms with Gasteiger partial charge in [-0.1, -0.05) is 48.5 Å². The van der Waals surface area contributed by atoms with Crippen LogP contribution in [0.2, 0.25) is 0 Å². The van der Waals surface area contributed by atoms with Gasteiger partial charge in [-0.25, -0.2) is 0 Å². The van der Waals surface area contributed by atoms with Gasteiger partial charge in [0, 0.05) is 17.1 Å². The highest BCUT2D eigenvalue weighted by atomic mass is 16.5. The van der Waals surface area contributed by atoms with Crippen molar-refractivity contribution >= 4 is 16.9 Å². The SMILES string of the molecule is COC(=O)C(Cc1ccccc1)c1c[nH]c2ccccc12. The van der Waals surface area contributed by atoms with Crippen LogP contribution < -0.4 is 0 Å². The van der Waals surface area contributed by atoms with Gasteiger partial charge in [-0.3, -0.25) is 4.79 Å². The number of hydrogen-bond acceptors (Lipinski definition) is 2. The van der Waals surface area contributed by atoms with E-state index in [-0.39, 0.29) is 11.9 Å². The van der Waals surface area contributed by atoms with E-state index in [0.717, 1.165) is 22.0 Å². The van der Waals surface area contributed by atoms with E-state index in [1.807, 2.05) is 60.8 Å². The van der Waals surface area contributed by atoms with Crippen LogP contribution in [0, 0.1) is 0 Å². The Hall–Kier alpha value is -2.55. The molecule has 0 bridgehead atoms. The van der Waals surface area contributed by atoms with E-state index in [1.165, 1.54) is 7.11 Å². The number of para-hydroxylation sites is 1. The van der Waals surface area contributed by atoms with Crippen LogP contribution in [-0.2, 0) is 16.0 Å². The lowest BCUT2D eigenvalue weighted by Gasteiger charge is -2.14. The molecule has 0 spiro atoms. The first kappa shape index (κ1) is 13.4. The summed E-state index contributed by atoms with van der Waals surface area (Å²) in [7, 11) is 1.44. The molecule has 0 radical (unpaired) electrons. The van der Waals surface area contributed by atoms with E-state index in [0.29, 0.717) is 6.42 Å². The van der Waals surface area contributed by atoms with Crippen molar-refractivity contribution in [3.05, 3.63) is 71.9 Å². The molecule has 3 aromatic rings. The lowest BCUT2D eigenvalue weighted by Crippen LogP contribution is -2.16. The molecule has 2 aromatic carbocycles. The number of rotatable bonds is 4. The third-order valence-corrected chi connectivity index (χ3v) is 3.77. The van der Waals surface area contributed by atoms with Gasteiger partial charge in [0.05, 0.1) is 13.0 Å². The fourth-order valence-corrected chi connectivity index (χ4v) is 2.69. The van der Waals surface area contributed by atoms with Crippen LogP contribution in [0.4, 0.5) is 0 Å². The van der Waals surface area contributed by atoms with E-state index in [2.05, 4.69) is 4.98 Å². The second-order valence-electron chi connectivity index (χ2n) is 5.06. The number of ether oxygens (including phenoxy) is 1. The predicted molar refractivity (Wildman–Crippen MR) is 83.2 cm³/mol. The number of carbonyl (C=O) groups excluding carboxylic acids is 1. The highest BCUT2D eigenvalue weighted by Gasteiger charge is 2.24. The zero-order valence-corrected chi connectivity index (χ0v) is 11.9. The Morgan fingerprint density at radius 1 is 1.10 bits per heavy atom. The van der Waals surface area contributed by atoms with Crippen molar-refractivity contribution < 1.29 is 9.53 Å². The summed E-state index contributed by atoms with van der Waals surface area (Å²) in [6.45, 7) is 0. The van der Waals surface area contributed by atoms with E-state index < -0.39 is 0 Å². The maximum absolute atomic E-state index is 12.2. The molecule has 21 heavy (non-hydrogen) atoms. The predicted octanol–water partition coefficient (Wildman–Crippen LogP) is 3.67. The van der Waals surface area contributed by atoms with Gasteiger partial charge in [0.15, 0.2) is 0 Å². The third-order valence-electron chi connectivity index (χ3n) is 3.77. The molecular formula is C18H17NO2. The van der Waals surface area contributed by atoms with Gasteiger partial charge < -0.3 is 9.72 Å². The Bertz CT molecular complexity index is 746. The van der Waals surface area contributed by atoms with Gasteiger partial charge in [0.2, 0.25) is 0 Å². The monoisotopic (exact) mass is 279 g/mol. The van der Waals surface area contributed by atoms with E-state index >= 15 is 0 Å². The van der Waals surface area contributed by atoms with Gasteiger partial charge in [-0.05, 0) is 23.6 Å². The fraction of sp³-hybridized carbons (Fsp3) is 0.167. The summed E-state index contributed by atoms with van der Waals surface area (Å²) in [6, 6.07) is 18.0. The van der Waals surface area contributed by atoms with E-state index in [4.69, 9.17) is 4.74 Å². The van der Waals surface area contributed by atoms with Gasteiger partial charge in [0.25, 0.3) is 0 Å². The molecule has 0 aliphatic rings. The van der Waals surface area contributed by atoms with Gasteiger partial charge in [0.1, 0.15) is 0 Å². The van der Waals surface area contributed by atoms with Gasteiger partial charge >= 0.3 is 5.97 Å². The van der Waals surface area contributed by atoms with Crippen molar-refractivity contribution in [3.8, 4) is 0 Å². The summed E-state index contributed by atoms with van der Waals surface area (Å²) in [5, 5.41) is 1.07. The molecule has 3 heteroatoms. The maximum Gasteiger partial charge on any atom is 0.313 e. The molecule has 0 saturated heterocycles. The summed E-state index contributed by atoms with van der Waals surface area (Å²) in [5.41, 5.74) is 3.15. The molecule has 1 aromatic heterocycles. The number of benzene rings is 2. The normalized spacial score (nSPS) is 12.2. The van der Waals surface area contributed by atoms with Crippen LogP contribution in [0.25, 0.3) is 10.9 Å². The quantitative estimate of drug-likeness (QED) is 0.740. The smallest absolute Gasteiger partial charge is 0.313 e. The molecule has 1 atom stereocenters. The molecule has 3 nitrogen and oxygen atoms in total. The van der Waals surface area contributed by atoms with Crippen LogP contribution in [0.5, 0.6) is 0 Å². The highest BCUT2D eigenvalue weighted by Crippen LogP contribution is 2.29. The first-order valence-corrected chi connectivity index (χ1v) is 6.97. The first-order valence-electron chi connectivity index (χ1n) is 6.97. The lowest BCUT2D eigenvalue weighted by atomic mass is 9.92. The van der Waals surface area contributed by atoms with Crippen molar-refractivity contribution in [2.45, 2.75) is 12.3 Å². The number of aromatic amines is 1. The number of hydrogen-bond donors (Lipinski definition) is 1. The fourth-order valence-electron chi connectivity index (χ4n) is 2.69. The Labute approximate surface area is 123 Å². The minimum absolute atomic E-state index is 0.205. The Morgan fingerprint density at radius 2 is 1.81 bits per heavy atom. The molecule has 1 heterocycles. The summed E-state index contributed by atoms with van der Waals surface area (Å²) < 4.78 is 5.00. The average Bonchev–Trinajstić information content (AvgIpc) is 2.97. The molecule has 3 rings (SSSR count). The second-order valence-corrected chi connectivity index (χ2v) is 5.06. The largest absolute Gasteiger partial charge is 0.469 e. The number of nitrogens with one attached hydrogen (secondary N) is 1. The van der Waals surface area contributed by atoms with Gasteiger partial charge in [-0.2, -0.15) is 0 Å². The number of fused-ring (bicyclic) bond motifs is 1. The molecule has 0 aliphatic carbocycles. The van der Waals surface area contributed by atoms with E-state index in [1.54, 1.807) is 0 Å². The van der Waals surface area contributed by atoms with Crippen molar-refractivity contribution in [2.24, 2.45) is 0 Å². The first-order chi connectivity index (χ1) is 10.3. The Morgan fingerprint density at radius 3 is 2.57 bits per heavy atom. The van der Waals surface area contributed by atoms with Crippen molar-refractivity contribution in [1.82, 2.24) is 4.98 Å². The maximum atomic E-state index is 12.2. The number of methoxy groups -OCH3 is 1. The molecule has 106 valence electrons. The molecule has 0 fully saturated rings. The summed E-state index contributed by atoms with van der Waals surface area (Å²) in [6.07, 6.45) is 2.55. The summed E-state index contributed by atoms with van der Waals surface area (Å²) in [4.78, 5) is 15.4. The van der Waals surface area contributed by atoms with Crippen molar-refractivity contribution in [1.29, 1.82) is 0 Å². The number of aromatic nitrogens is 1. The number of carbonyl (C=O) groups is 1. The van der Waals surface area contributed by atoms with Crippen molar-refractivity contribution in [2.75, 3.05) is 7.11 Å². The zero-order chi connectivity index (χ0) is 14.7. The molecule has 0 aliphatic heterocycles. The van der Waals surface area contributed by atoms with Crippen LogP contribution in [0.3, 0.4) is 0 Å². The summed E-state index contributed by atoms with van der Waals surface area (Å²) >= 11 is 0.